The van der Waals surface area contributed by atoms with Gasteiger partial charge in [-0.2, -0.15) is 0 Å². The van der Waals surface area contributed by atoms with E-state index in [-0.39, 0.29) is 5.91 Å². The molecule has 0 bridgehead atoms. The maximum atomic E-state index is 12.0. The van der Waals surface area contributed by atoms with Crippen molar-refractivity contribution in [1.82, 2.24) is 5.32 Å². The number of halogens is 2. The van der Waals surface area contributed by atoms with Crippen LogP contribution < -0.4 is 5.32 Å². The Labute approximate surface area is 145 Å². The van der Waals surface area contributed by atoms with Crippen molar-refractivity contribution in [3.63, 3.8) is 0 Å². The normalized spacial score (nSPS) is 10.1. The number of carbonyl (C=O) groups excluding carboxylic acids is 1. The van der Waals surface area contributed by atoms with E-state index in [4.69, 9.17) is 12.2 Å². The Hall–Kier alpha value is -0.790. The van der Waals surface area contributed by atoms with Gasteiger partial charge in [0.1, 0.15) is 0 Å². The minimum Gasteiger partial charge on any atom is -0.316 e. The van der Waals surface area contributed by atoms with Crippen molar-refractivity contribution in [3.8, 4) is 0 Å². The standard InChI is InChI=1S/C15H11BrINOS/c16-12-7-6-11(13(17)9-12)8-14(20)18-15(19)10-4-2-1-3-5-10/h1-7,9H,8H2,(H,18,19,20). The van der Waals surface area contributed by atoms with Crippen LogP contribution in [0, 0.1) is 3.57 Å². The molecule has 1 N–H and O–H groups in total. The Balaban J connectivity index is 2.01. The third-order valence-electron chi connectivity index (χ3n) is 2.66. The van der Waals surface area contributed by atoms with Crippen LogP contribution in [0.3, 0.4) is 0 Å². The minimum absolute atomic E-state index is 0.164. The monoisotopic (exact) mass is 459 g/mol. The quantitative estimate of drug-likeness (QED) is 0.546. The number of thiocarbonyl (C=S) groups is 1. The molecule has 1 amide bonds. The SMILES string of the molecule is O=C(NC(=S)Cc1ccc(Br)cc1I)c1ccccc1. The van der Waals surface area contributed by atoms with Gasteiger partial charge >= 0.3 is 0 Å². The molecule has 0 aromatic heterocycles. The summed E-state index contributed by atoms with van der Waals surface area (Å²) in [4.78, 5) is 12.5. The summed E-state index contributed by atoms with van der Waals surface area (Å²) in [5, 5.41) is 2.76. The van der Waals surface area contributed by atoms with Crippen LogP contribution in [0.25, 0.3) is 0 Å². The fourth-order valence-corrected chi connectivity index (χ4v) is 3.41. The molecule has 0 aliphatic heterocycles. The average molecular weight is 460 g/mol. The van der Waals surface area contributed by atoms with Gasteiger partial charge in [-0.15, -0.1) is 0 Å². The first-order valence-electron chi connectivity index (χ1n) is 5.89. The van der Waals surface area contributed by atoms with Crippen LogP contribution in [0.4, 0.5) is 0 Å². The minimum atomic E-state index is -0.164. The molecule has 2 aromatic carbocycles. The van der Waals surface area contributed by atoms with Gasteiger partial charge in [-0.25, -0.2) is 0 Å². The zero-order chi connectivity index (χ0) is 14.5. The maximum absolute atomic E-state index is 12.0. The lowest BCUT2D eigenvalue weighted by Crippen LogP contribution is -2.30. The van der Waals surface area contributed by atoms with E-state index in [0.29, 0.717) is 17.0 Å². The second-order valence-corrected chi connectivity index (χ2v) is 6.73. The Morgan fingerprint density at radius 1 is 1.20 bits per heavy atom. The van der Waals surface area contributed by atoms with E-state index in [9.17, 15) is 4.79 Å². The summed E-state index contributed by atoms with van der Waals surface area (Å²) in [5.41, 5.74) is 1.72. The second-order valence-electron chi connectivity index (χ2n) is 4.16. The first-order chi connectivity index (χ1) is 9.56. The lowest BCUT2D eigenvalue weighted by molar-refractivity contribution is 0.0977. The van der Waals surface area contributed by atoms with Crippen LogP contribution in [-0.2, 0) is 6.42 Å². The molecule has 0 aliphatic carbocycles. The van der Waals surface area contributed by atoms with Crippen molar-refractivity contribution in [2.24, 2.45) is 0 Å². The first-order valence-corrected chi connectivity index (χ1v) is 8.17. The summed E-state index contributed by atoms with van der Waals surface area (Å²) in [7, 11) is 0. The van der Waals surface area contributed by atoms with E-state index in [1.165, 1.54) is 0 Å². The molecule has 0 unspecified atom stereocenters. The molecule has 20 heavy (non-hydrogen) atoms. The van der Waals surface area contributed by atoms with Crippen LogP contribution in [0.15, 0.2) is 53.0 Å². The van der Waals surface area contributed by atoms with Crippen molar-refractivity contribution >= 4 is 61.6 Å². The summed E-state index contributed by atoms with van der Waals surface area (Å²) in [6.07, 6.45) is 0.555. The number of amides is 1. The highest BCUT2D eigenvalue weighted by Crippen LogP contribution is 2.19. The van der Waals surface area contributed by atoms with Gasteiger partial charge < -0.3 is 5.32 Å². The molecular weight excluding hydrogens is 449 g/mol. The molecule has 0 aliphatic rings. The summed E-state index contributed by atoms with van der Waals surface area (Å²) < 4.78 is 2.15. The van der Waals surface area contributed by atoms with Crippen LogP contribution in [0.1, 0.15) is 15.9 Å². The third-order valence-corrected chi connectivity index (χ3v) is 4.40. The van der Waals surface area contributed by atoms with Crippen molar-refractivity contribution in [3.05, 3.63) is 67.7 Å². The van der Waals surface area contributed by atoms with Crippen LogP contribution in [0.5, 0.6) is 0 Å². The summed E-state index contributed by atoms with van der Waals surface area (Å²) >= 11 is 10.9. The van der Waals surface area contributed by atoms with Gasteiger partial charge in [0.2, 0.25) is 0 Å². The topological polar surface area (TPSA) is 29.1 Å². The molecule has 0 radical (unpaired) electrons. The number of benzene rings is 2. The van der Waals surface area contributed by atoms with Gasteiger partial charge in [0, 0.05) is 20.0 Å². The van der Waals surface area contributed by atoms with Gasteiger partial charge in [0.25, 0.3) is 5.91 Å². The van der Waals surface area contributed by atoms with Crippen LogP contribution >= 0.6 is 50.7 Å². The molecule has 0 spiro atoms. The predicted molar refractivity (Wildman–Crippen MR) is 97.1 cm³/mol. The highest BCUT2D eigenvalue weighted by Gasteiger charge is 2.09. The molecule has 2 aromatic rings. The van der Waals surface area contributed by atoms with E-state index in [0.717, 1.165) is 13.6 Å². The van der Waals surface area contributed by atoms with Crippen molar-refractivity contribution in [2.45, 2.75) is 6.42 Å². The largest absolute Gasteiger partial charge is 0.316 e. The van der Waals surface area contributed by atoms with Gasteiger partial charge in [-0.3, -0.25) is 4.79 Å². The average Bonchev–Trinajstić information content (AvgIpc) is 2.43. The molecule has 0 saturated carbocycles. The van der Waals surface area contributed by atoms with E-state index in [2.05, 4.69) is 43.8 Å². The third kappa shape index (κ3) is 4.36. The number of nitrogens with one attached hydrogen (secondary N) is 1. The first kappa shape index (κ1) is 15.6. The fourth-order valence-electron chi connectivity index (χ4n) is 1.67. The highest BCUT2D eigenvalue weighted by atomic mass is 127. The molecular formula is C15H11BrINOS. The molecule has 5 heteroatoms. The van der Waals surface area contributed by atoms with E-state index in [1.807, 2.05) is 36.4 Å². The highest BCUT2D eigenvalue weighted by molar-refractivity contribution is 14.1. The lowest BCUT2D eigenvalue weighted by Gasteiger charge is -2.08. The summed E-state index contributed by atoms with van der Waals surface area (Å²) in [5.74, 6) is -0.164. The number of hydrogen-bond donors (Lipinski definition) is 1. The summed E-state index contributed by atoms with van der Waals surface area (Å²) in [6, 6.07) is 15.1. The van der Waals surface area contributed by atoms with Gasteiger partial charge in [0.15, 0.2) is 0 Å². The van der Waals surface area contributed by atoms with Crippen molar-refractivity contribution in [1.29, 1.82) is 0 Å². The van der Waals surface area contributed by atoms with Crippen molar-refractivity contribution < 1.29 is 4.79 Å². The molecule has 2 rings (SSSR count). The maximum Gasteiger partial charge on any atom is 0.256 e. The Morgan fingerprint density at radius 3 is 2.55 bits per heavy atom. The molecule has 0 saturated heterocycles. The molecule has 0 fully saturated rings. The number of rotatable bonds is 3. The molecule has 2 nitrogen and oxygen atoms in total. The Morgan fingerprint density at radius 2 is 1.90 bits per heavy atom. The van der Waals surface area contributed by atoms with Crippen LogP contribution in [0.2, 0.25) is 0 Å². The van der Waals surface area contributed by atoms with Crippen LogP contribution in [-0.4, -0.2) is 10.9 Å². The van der Waals surface area contributed by atoms with Crippen molar-refractivity contribution in [2.75, 3.05) is 0 Å². The summed E-state index contributed by atoms with van der Waals surface area (Å²) in [6.45, 7) is 0. The zero-order valence-electron chi connectivity index (χ0n) is 10.4. The second kappa shape index (κ2) is 7.28. The fraction of sp³-hybridized carbons (Fsp3) is 0.0667. The van der Waals surface area contributed by atoms with Gasteiger partial charge in [-0.1, -0.05) is 52.4 Å². The Kier molecular flexibility index (Phi) is 5.68. The number of hydrogen-bond acceptors (Lipinski definition) is 2. The molecule has 102 valence electrons. The van der Waals surface area contributed by atoms with E-state index in [1.54, 1.807) is 12.1 Å². The van der Waals surface area contributed by atoms with E-state index < -0.39 is 0 Å². The molecule has 0 heterocycles. The van der Waals surface area contributed by atoms with E-state index >= 15 is 0 Å². The smallest absolute Gasteiger partial charge is 0.256 e. The Bertz CT molecular complexity index is 646. The zero-order valence-corrected chi connectivity index (χ0v) is 15.0. The van der Waals surface area contributed by atoms with Gasteiger partial charge in [-0.05, 0) is 52.4 Å². The lowest BCUT2D eigenvalue weighted by atomic mass is 10.1. The van der Waals surface area contributed by atoms with Gasteiger partial charge in [0.05, 0.1) is 4.99 Å². The molecule has 0 atom stereocenters. The predicted octanol–water partition coefficient (Wildman–Crippen LogP) is 4.35. The number of carbonyl (C=O) groups is 1.